The Balaban J connectivity index is 0.000000194. The Hall–Kier alpha value is -2.76. The van der Waals surface area contributed by atoms with Crippen LogP contribution in [0.25, 0.3) is 16.9 Å². The van der Waals surface area contributed by atoms with Gasteiger partial charge in [-0.2, -0.15) is 11.2 Å². The summed E-state index contributed by atoms with van der Waals surface area (Å²) in [5.74, 6) is -1.58. The summed E-state index contributed by atoms with van der Waals surface area (Å²) in [6, 6.07) is 17.3. The fraction of sp³-hybridized carbons (Fsp3) is 0.0476. The number of hydrogen-bond donors (Lipinski definition) is 0. The summed E-state index contributed by atoms with van der Waals surface area (Å²) >= 11 is 0. The van der Waals surface area contributed by atoms with Gasteiger partial charge in [-0.15, -0.1) is 41.5 Å². The van der Waals surface area contributed by atoms with Crippen molar-refractivity contribution < 1.29 is 33.3 Å². The smallest absolute Gasteiger partial charge is 0.0493 e. The van der Waals surface area contributed by atoms with Gasteiger partial charge in [0.15, 0.2) is 0 Å². The van der Waals surface area contributed by atoms with Crippen molar-refractivity contribution in [2.75, 3.05) is 0 Å². The number of aryl methyl sites for hydroxylation is 1. The summed E-state index contributed by atoms with van der Waals surface area (Å²) in [6.45, 7) is 1.85. The standard InChI is InChI=1S/C12H9FN.C9H5F2N2.Ir/c1-9-8-10(13)5-6-11(9)12-4-2-3-7-14-12;10-7-2-3-9(8(11)6-7)13-5-1-4-12-13;/h2-5,7-8H,1H3;1-2,4-6H;/q2*-1;. The van der Waals surface area contributed by atoms with Crippen molar-refractivity contribution in [2.24, 2.45) is 0 Å². The quantitative estimate of drug-likeness (QED) is 0.327. The summed E-state index contributed by atoms with van der Waals surface area (Å²) in [5.41, 5.74) is 2.65. The van der Waals surface area contributed by atoms with Crippen molar-refractivity contribution >= 4 is 0 Å². The van der Waals surface area contributed by atoms with Gasteiger partial charge in [-0.3, -0.25) is 17.9 Å². The number of rotatable bonds is 2. The molecule has 0 N–H and O–H groups in total. The van der Waals surface area contributed by atoms with Crippen LogP contribution in [0.1, 0.15) is 5.56 Å². The number of benzene rings is 2. The molecule has 0 spiro atoms. The van der Waals surface area contributed by atoms with Crippen LogP contribution in [0.3, 0.4) is 0 Å². The predicted molar refractivity (Wildman–Crippen MR) is 95.5 cm³/mol. The van der Waals surface area contributed by atoms with Crippen molar-refractivity contribution in [1.82, 2.24) is 14.8 Å². The van der Waals surface area contributed by atoms with Gasteiger partial charge in [0.1, 0.15) is 0 Å². The van der Waals surface area contributed by atoms with Crippen LogP contribution >= 0.6 is 0 Å². The zero-order valence-electron chi connectivity index (χ0n) is 14.7. The van der Waals surface area contributed by atoms with E-state index in [0.29, 0.717) is 0 Å². The maximum absolute atomic E-state index is 13.1. The number of halogens is 3. The monoisotopic (exact) mass is 558 g/mol. The third-order valence-corrected chi connectivity index (χ3v) is 3.60. The van der Waals surface area contributed by atoms with Crippen LogP contribution in [0, 0.1) is 36.5 Å². The third-order valence-electron chi connectivity index (χ3n) is 3.60. The van der Waals surface area contributed by atoms with Gasteiger partial charge in [0.2, 0.25) is 0 Å². The first kappa shape index (κ1) is 21.5. The molecule has 2 heterocycles. The Labute approximate surface area is 174 Å². The molecule has 145 valence electrons. The molecule has 2 aromatic carbocycles. The molecule has 4 aromatic rings. The van der Waals surface area contributed by atoms with Crippen LogP contribution in [-0.4, -0.2) is 14.8 Å². The van der Waals surface area contributed by atoms with Crippen LogP contribution in [0.5, 0.6) is 0 Å². The second-order valence-electron chi connectivity index (χ2n) is 5.56. The first-order valence-corrected chi connectivity index (χ1v) is 8.00. The molecule has 0 amide bonds. The average molecular weight is 558 g/mol. The van der Waals surface area contributed by atoms with Gasteiger partial charge in [-0.1, -0.05) is 19.1 Å². The zero-order valence-corrected chi connectivity index (χ0v) is 17.1. The SMILES string of the molecule is Cc1cc(F)c[c-]c1-c1ccccn1.Fc1c[c-]c(-n2cccn2)c(F)c1.[Ir]. The first-order valence-electron chi connectivity index (χ1n) is 8.00. The van der Waals surface area contributed by atoms with E-state index in [1.54, 1.807) is 18.5 Å². The van der Waals surface area contributed by atoms with Gasteiger partial charge in [0.25, 0.3) is 0 Å². The molecule has 0 aliphatic heterocycles. The van der Waals surface area contributed by atoms with E-state index in [9.17, 15) is 13.2 Å². The van der Waals surface area contributed by atoms with Gasteiger partial charge >= 0.3 is 0 Å². The Morgan fingerprint density at radius 2 is 1.68 bits per heavy atom. The molecule has 7 heteroatoms. The van der Waals surface area contributed by atoms with Crippen molar-refractivity contribution in [3.63, 3.8) is 0 Å². The van der Waals surface area contributed by atoms with E-state index < -0.39 is 11.6 Å². The van der Waals surface area contributed by atoms with Gasteiger partial charge in [0.05, 0.1) is 0 Å². The van der Waals surface area contributed by atoms with Crippen LogP contribution in [0.4, 0.5) is 13.2 Å². The summed E-state index contributed by atoms with van der Waals surface area (Å²) in [6.07, 6.45) is 4.79. The molecule has 2 aromatic heterocycles. The largest absolute Gasteiger partial charge is 0.305 e. The van der Waals surface area contributed by atoms with E-state index in [1.807, 2.05) is 25.1 Å². The predicted octanol–water partition coefficient (Wildman–Crippen LogP) is 4.94. The van der Waals surface area contributed by atoms with E-state index >= 15 is 0 Å². The second kappa shape index (κ2) is 9.97. The minimum Gasteiger partial charge on any atom is -0.305 e. The summed E-state index contributed by atoms with van der Waals surface area (Å²) in [4.78, 5) is 4.19. The molecule has 0 aliphatic carbocycles. The first-order chi connectivity index (χ1) is 13.0. The van der Waals surface area contributed by atoms with Crippen LogP contribution in [-0.2, 0) is 20.1 Å². The maximum Gasteiger partial charge on any atom is 0.0493 e. The van der Waals surface area contributed by atoms with E-state index in [4.69, 9.17) is 0 Å². The van der Waals surface area contributed by atoms with Gasteiger partial charge in [0, 0.05) is 56.1 Å². The topological polar surface area (TPSA) is 30.7 Å². The Kier molecular flexibility index (Phi) is 7.67. The van der Waals surface area contributed by atoms with Crippen molar-refractivity contribution in [3.05, 3.63) is 102 Å². The van der Waals surface area contributed by atoms with Crippen LogP contribution in [0.15, 0.2) is 67.1 Å². The molecule has 0 unspecified atom stereocenters. The van der Waals surface area contributed by atoms with Crippen LogP contribution < -0.4 is 0 Å². The molecule has 0 bridgehead atoms. The molecule has 0 fully saturated rings. The summed E-state index contributed by atoms with van der Waals surface area (Å²) in [5, 5.41) is 3.80. The number of pyridine rings is 1. The summed E-state index contributed by atoms with van der Waals surface area (Å²) in [7, 11) is 0. The number of hydrogen-bond acceptors (Lipinski definition) is 2. The zero-order chi connectivity index (χ0) is 19.2. The van der Waals surface area contributed by atoms with Crippen LogP contribution in [0.2, 0.25) is 0 Å². The minimum absolute atomic E-state index is 0. The normalized spacial score (nSPS) is 9.86. The van der Waals surface area contributed by atoms with E-state index in [1.165, 1.54) is 23.0 Å². The molecule has 4 rings (SSSR count). The van der Waals surface area contributed by atoms with Gasteiger partial charge < -0.3 is 4.98 Å². The molecule has 0 atom stereocenters. The number of nitrogens with zero attached hydrogens (tertiary/aromatic N) is 3. The molecular weight excluding hydrogens is 543 g/mol. The molecular formula is C21H14F3IrN3-2. The molecule has 28 heavy (non-hydrogen) atoms. The van der Waals surface area contributed by atoms with E-state index in [-0.39, 0.29) is 31.6 Å². The van der Waals surface area contributed by atoms with E-state index in [2.05, 4.69) is 22.2 Å². The van der Waals surface area contributed by atoms with Gasteiger partial charge in [-0.05, 0) is 23.5 Å². The molecule has 0 aliphatic rings. The Morgan fingerprint density at radius 3 is 2.29 bits per heavy atom. The van der Waals surface area contributed by atoms with Crippen molar-refractivity contribution in [2.45, 2.75) is 6.92 Å². The molecule has 0 saturated carbocycles. The average Bonchev–Trinajstić information content (AvgIpc) is 3.17. The summed E-state index contributed by atoms with van der Waals surface area (Å²) < 4.78 is 39.7. The molecule has 1 radical (unpaired) electrons. The van der Waals surface area contributed by atoms with Crippen molar-refractivity contribution in [3.8, 4) is 16.9 Å². The van der Waals surface area contributed by atoms with Crippen molar-refractivity contribution in [1.29, 1.82) is 0 Å². The third kappa shape index (κ3) is 5.38. The Bertz CT molecular complexity index is 1020. The fourth-order valence-electron chi connectivity index (χ4n) is 2.38. The number of aromatic nitrogens is 3. The fourth-order valence-corrected chi connectivity index (χ4v) is 2.38. The van der Waals surface area contributed by atoms with E-state index in [0.717, 1.165) is 29.0 Å². The second-order valence-corrected chi connectivity index (χ2v) is 5.56. The molecule has 0 saturated heterocycles. The molecule has 3 nitrogen and oxygen atoms in total. The van der Waals surface area contributed by atoms with Gasteiger partial charge in [-0.25, -0.2) is 0 Å². The minimum atomic E-state index is -0.677. The maximum atomic E-state index is 13.1. The Morgan fingerprint density at radius 1 is 0.929 bits per heavy atom.